The molecule has 7 heteroatoms. The Morgan fingerprint density at radius 3 is 3.00 bits per heavy atom. The molecular formula is C13H23N3O3S. The fourth-order valence-corrected chi connectivity index (χ4v) is 3.61. The Balaban J connectivity index is 2.00. The van der Waals surface area contributed by atoms with Gasteiger partial charge in [0, 0.05) is 31.1 Å². The largest absolute Gasteiger partial charge is 0.377 e. The van der Waals surface area contributed by atoms with E-state index in [-0.39, 0.29) is 17.0 Å². The molecule has 2 heterocycles. The average Bonchev–Trinajstić information content (AvgIpc) is 3.07. The van der Waals surface area contributed by atoms with Crippen molar-refractivity contribution in [1.29, 1.82) is 0 Å². The molecule has 3 N–H and O–H groups in total. The summed E-state index contributed by atoms with van der Waals surface area (Å²) in [6, 6.07) is 1.45. The third-order valence-electron chi connectivity index (χ3n) is 3.46. The lowest BCUT2D eigenvalue weighted by molar-refractivity contribution is 0.0902. The van der Waals surface area contributed by atoms with E-state index in [2.05, 4.69) is 15.0 Å². The highest BCUT2D eigenvalue weighted by Crippen LogP contribution is 2.18. The van der Waals surface area contributed by atoms with Crippen LogP contribution in [0.3, 0.4) is 0 Å². The Hall–Kier alpha value is -0.890. The van der Waals surface area contributed by atoms with Crippen LogP contribution >= 0.6 is 0 Å². The molecule has 2 atom stereocenters. The van der Waals surface area contributed by atoms with E-state index < -0.39 is 10.0 Å². The molecule has 2 unspecified atom stereocenters. The number of sulfonamides is 1. The van der Waals surface area contributed by atoms with Crippen molar-refractivity contribution in [3.05, 3.63) is 18.0 Å². The second-order valence-electron chi connectivity index (χ2n) is 5.10. The Kier molecular flexibility index (Phi) is 5.20. The lowest BCUT2D eigenvalue weighted by Gasteiger charge is -2.19. The van der Waals surface area contributed by atoms with E-state index in [9.17, 15) is 8.42 Å². The molecular weight excluding hydrogens is 278 g/mol. The van der Waals surface area contributed by atoms with Gasteiger partial charge >= 0.3 is 0 Å². The van der Waals surface area contributed by atoms with E-state index >= 15 is 0 Å². The van der Waals surface area contributed by atoms with Crippen LogP contribution in [-0.4, -0.2) is 38.7 Å². The van der Waals surface area contributed by atoms with Crippen LogP contribution < -0.4 is 10.0 Å². The predicted octanol–water partition coefficient (Wildman–Crippen LogP) is 0.970. The van der Waals surface area contributed by atoms with Crippen molar-refractivity contribution in [1.82, 2.24) is 15.0 Å². The fraction of sp³-hybridized carbons (Fsp3) is 0.692. The number of hydrogen-bond donors (Lipinski definition) is 3. The molecule has 0 amide bonds. The van der Waals surface area contributed by atoms with Gasteiger partial charge in [-0.3, -0.25) is 0 Å². The number of H-pyrrole nitrogens is 1. The first-order chi connectivity index (χ1) is 9.53. The summed E-state index contributed by atoms with van der Waals surface area (Å²) in [5.74, 6) is 0. The lowest BCUT2D eigenvalue weighted by atomic mass is 10.1. The molecule has 0 saturated carbocycles. The summed E-state index contributed by atoms with van der Waals surface area (Å²) in [5.41, 5.74) is 0.858. The van der Waals surface area contributed by atoms with Crippen molar-refractivity contribution in [2.45, 2.75) is 50.3 Å². The van der Waals surface area contributed by atoms with Crippen molar-refractivity contribution >= 4 is 10.0 Å². The Labute approximate surface area is 120 Å². The van der Waals surface area contributed by atoms with E-state index in [1.807, 2.05) is 13.8 Å². The van der Waals surface area contributed by atoms with Crippen LogP contribution in [0.1, 0.15) is 32.4 Å². The molecule has 6 nitrogen and oxygen atoms in total. The first-order valence-electron chi connectivity index (χ1n) is 7.05. The summed E-state index contributed by atoms with van der Waals surface area (Å²) in [4.78, 5) is 3.25. The van der Waals surface area contributed by atoms with Crippen molar-refractivity contribution in [3.8, 4) is 0 Å². The van der Waals surface area contributed by atoms with Crippen LogP contribution in [-0.2, 0) is 21.3 Å². The van der Waals surface area contributed by atoms with Gasteiger partial charge in [0.15, 0.2) is 0 Å². The van der Waals surface area contributed by atoms with E-state index in [4.69, 9.17) is 4.74 Å². The van der Waals surface area contributed by atoms with Crippen LogP contribution in [0.4, 0.5) is 0 Å². The topological polar surface area (TPSA) is 83.2 Å². The molecule has 1 aliphatic rings. The molecule has 0 radical (unpaired) electrons. The first-order valence-corrected chi connectivity index (χ1v) is 8.53. The average molecular weight is 301 g/mol. The SMILES string of the molecule is CCNCc1cc(S(=O)(=O)NC(C)C2CCCO2)c[nH]1. The summed E-state index contributed by atoms with van der Waals surface area (Å²) in [6.07, 6.45) is 3.40. The van der Waals surface area contributed by atoms with Gasteiger partial charge in [0.1, 0.15) is 0 Å². The highest BCUT2D eigenvalue weighted by Gasteiger charge is 2.27. The number of rotatable bonds is 7. The van der Waals surface area contributed by atoms with Gasteiger partial charge in [-0.2, -0.15) is 0 Å². The van der Waals surface area contributed by atoms with Crippen molar-refractivity contribution in [2.75, 3.05) is 13.2 Å². The third kappa shape index (κ3) is 3.82. The summed E-state index contributed by atoms with van der Waals surface area (Å²) >= 11 is 0. The number of hydrogen-bond acceptors (Lipinski definition) is 4. The molecule has 1 saturated heterocycles. The number of ether oxygens (including phenoxy) is 1. The van der Waals surface area contributed by atoms with Crippen molar-refractivity contribution in [2.24, 2.45) is 0 Å². The van der Waals surface area contributed by atoms with Gasteiger partial charge in [-0.15, -0.1) is 0 Å². The second kappa shape index (κ2) is 6.71. The molecule has 0 aliphatic carbocycles. The minimum atomic E-state index is -3.49. The van der Waals surface area contributed by atoms with Crippen LogP contribution in [0, 0.1) is 0 Å². The van der Waals surface area contributed by atoms with Gasteiger partial charge in [-0.25, -0.2) is 13.1 Å². The van der Waals surface area contributed by atoms with Gasteiger partial charge in [0.2, 0.25) is 10.0 Å². The Bertz CT molecular complexity index is 521. The molecule has 2 rings (SSSR count). The van der Waals surface area contributed by atoms with Gasteiger partial charge in [-0.05, 0) is 32.4 Å². The van der Waals surface area contributed by atoms with E-state index in [0.29, 0.717) is 13.2 Å². The van der Waals surface area contributed by atoms with E-state index in [0.717, 1.165) is 25.1 Å². The summed E-state index contributed by atoms with van der Waals surface area (Å²) < 4.78 is 32.8. The molecule has 0 spiro atoms. The zero-order valence-corrected chi connectivity index (χ0v) is 12.8. The lowest BCUT2D eigenvalue weighted by Crippen LogP contribution is -2.40. The highest BCUT2D eigenvalue weighted by atomic mass is 32.2. The predicted molar refractivity (Wildman–Crippen MR) is 76.9 cm³/mol. The van der Waals surface area contributed by atoms with E-state index in [1.54, 1.807) is 6.07 Å². The maximum atomic E-state index is 12.3. The molecule has 1 aromatic heterocycles. The van der Waals surface area contributed by atoms with Gasteiger partial charge in [0.05, 0.1) is 11.0 Å². The molecule has 1 aromatic rings. The number of aromatic nitrogens is 1. The van der Waals surface area contributed by atoms with Crippen molar-refractivity contribution in [3.63, 3.8) is 0 Å². The smallest absolute Gasteiger partial charge is 0.242 e. The minimum Gasteiger partial charge on any atom is -0.377 e. The molecule has 20 heavy (non-hydrogen) atoms. The highest BCUT2D eigenvalue weighted by molar-refractivity contribution is 7.89. The Morgan fingerprint density at radius 1 is 1.55 bits per heavy atom. The fourth-order valence-electron chi connectivity index (χ4n) is 2.32. The zero-order valence-electron chi connectivity index (χ0n) is 12.0. The summed E-state index contributed by atoms with van der Waals surface area (Å²) in [7, 11) is -3.49. The minimum absolute atomic E-state index is 0.0232. The number of aromatic amines is 1. The normalized spacial score (nSPS) is 21.2. The van der Waals surface area contributed by atoms with Crippen molar-refractivity contribution < 1.29 is 13.2 Å². The number of nitrogens with one attached hydrogen (secondary N) is 3. The van der Waals surface area contributed by atoms with Gasteiger partial charge in [0.25, 0.3) is 0 Å². The maximum absolute atomic E-state index is 12.3. The molecule has 1 aliphatic heterocycles. The summed E-state index contributed by atoms with van der Waals surface area (Å²) in [5, 5.41) is 3.15. The van der Waals surface area contributed by atoms with E-state index in [1.165, 1.54) is 6.20 Å². The molecule has 0 aromatic carbocycles. The van der Waals surface area contributed by atoms with Crippen LogP contribution in [0.15, 0.2) is 17.2 Å². The van der Waals surface area contributed by atoms with Gasteiger partial charge < -0.3 is 15.0 Å². The molecule has 1 fully saturated rings. The Morgan fingerprint density at radius 2 is 2.35 bits per heavy atom. The van der Waals surface area contributed by atoms with Gasteiger partial charge in [-0.1, -0.05) is 6.92 Å². The van der Waals surface area contributed by atoms with Crippen LogP contribution in [0.2, 0.25) is 0 Å². The first kappa shape index (κ1) is 15.5. The van der Waals surface area contributed by atoms with Crippen LogP contribution in [0.25, 0.3) is 0 Å². The second-order valence-corrected chi connectivity index (χ2v) is 6.82. The van der Waals surface area contributed by atoms with Crippen LogP contribution in [0.5, 0.6) is 0 Å². The molecule has 0 bridgehead atoms. The quantitative estimate of drug-likeness (QED) is 0.701. The molecule has 114 valence electrons. The monoisotopic (exact) mass is 301 g/mol. The zero-order chi connectivity index (χ0) is 14.6. The third-order valence-corrected chi connectivity index (χ3v) is 4.99. The summed E-state index contributed by atoms with van der Waals surface area (Å²) in [6.45, 7) is 6.04. The maximum Gasteiger partial charge on any atom is 0.242 e. The standard InChI is InChI=1S/C13H23N3O3S/c1-3-14-8-11-7-12(9-15-11)20(17,18)16-10(2)13-5-4-6-19-13/h7,9-10,13-16H,3-6,8H2,1-2H3.